The molecule has 0 amide bonds. The van der Waals surface area contributed by atoms with Gasteiger partial charge in [-0.05, 0) is 50.8 Å². The van der Waals surface area contributed by atoms with Crippen molar-refractivity contribution in [2.75, 3.05) is 7.11 Å². The lowest BCUT2D eigenvalue weighted by Crippen LogP contribution is -2.29. The number of oxime groups is 1. The van der Waals surface area contributed by atoms with Crippen LogP contribution in [0.25, 0.3) is 0 Å². The molecule has 4 heteroatoms. The molecule has 0 aliphatic heterocycles. The highest BCUT2D eigenvalue weighted by Crippen LogP contribution is 2.28. The summed E-state index contributed by atoms with van der Waals surface area (Å²) in [5, 5.41) is 12.3. The lowest BCUT2D eigenvalue weighted by atomic mass is 9.94. The van der Waals surface area contributed by atoms with Crippen molar-refractivity contribution in [2.24, 2.45) is 5.16 Å². The molecule has 0 aromatic heterocycles. The summed E-state index contributed by atoms with van der Waals surface area (Å²) in [6.07, 6.45) is 4.64. The van der Waals surface area contributed by atoms with Crippen LogP contribution < -0.4 is 4.74 Å². The van der Waals surface area contributed by atoms with Crippen LogP contribution in [0, 0.1) is 6.92 Å². The first-order valence-corrected chi connectivity index (χ1v) is 7.13. The SMILES string of the molecule is COC1CCCC(Oc2cc(C)ccc2C(C)=NO)C1. The highest BCUT2D eigenvalue weighted by atomic mass is 16.5. The first-order valence-electron chi connectivity index (χ1n) is 7.13. The van der Waals surface area contributed by atoms with Gasteiger partial charge >= 0.3 is 0 Å². The lowest BCUT2D eigenvalue weighted by Gasteiger charge is -2.29. The molecule has 0 spiro atoms. The average Bonchev–Trinajstić information content (AvgIpc) is 2.47. The first-order chi connectivity index (χ1) is 9.63. The highest BCUT2D eigenvalue weighted by Gasteiger charge is 2.24. The predicted octanol–water partition coefficient (Wildman–Crippen LogP) is 3.53. The largest absolute Gasteiger partial charge is 0.490 e. The van der Waals surface area contributed by atoms with Crippen LogP contribution in [0.3, 0.4) is 0 Å². The average molecular weight is 277 g/mol. The summed E-state index contributed by atoms with van der Waals surface area (Å²) in [7, 11) is 1.76. The van der Waals surface area contributed by atoms with Gasteiger partial charge in [0.1, 0.15) is 11.9 Å². The maximum Gasteiger partial charge on any atom is 0.129 e. The Hall–Kier alpha value is -1.55. The Morgan fingerprint density at radius 1 is 1.30 bits per heavy atom. The van der Waals surface area contributed by atoms with Crippen LogP contribution in [0.2, 0.25) is 0 Å². The first kappa shape index (κ1) is 14.9. The van der Waals surface area contributed by atoms with Gasteiger partial charge in [-0.25, -0.2) is 0 Å². The van der Waals surface area contributed by atoms with Gasteiger partial charge in [-0.2, -0.15) is 0 Å². The van der Waals surface area contributed by atoms with Crippen LogP contribution in [0.1, 0.15) is 43.7 Å². The summed E-state index contributed by atoms with van der Waals surface area (Å²) < 4.78 is 11.6. The summed E-state index contributed by atoms with van der Waals surface area (Å²) in [5.41, 5.74) is 2.55. The van der Waals surface area contributed by atoms with Crippen LogP contribution in [0.4, 0.5) is 0 Å². The Morgan fingerprint density at radius 3 is 2.75 bits per heavy atom. The third kappa shape index (κ3) is 3.51. The standard InChI is InChI=1S/C16H23NO3/c1-11-7-8-15(12(2)17-18)16(9-11)20-14-6-4-5-13(10-14)19-3/h7-9,13-14,18H,4-6,10H2,1-3H3. The zero-order chi connectivity index (χ0) is 14.5. The molecule has 1 N–H and O–H groups in total. The van der Waals surface area contributed by atoms with Crippen LogP contribution >= 0.6 is 0 Å². The van der Waals surface area contributed by atoms with Crippen molar-refractivity contribution in [3.05, 3.63) is 29.3 Å². The fourth-order valence-electron chi connectivity index (χ4n) is 2.68. The van der Waals surface area contributed by atoms with Gasteiger partial charge in [-0.1, -0.05) is 11.2 Å². The molecule has 2 atom stereocenters. The second kappa shape index (κ2) is 6.75. The van der Waals surface area contributed by atoms with E-state index < -0.39 is 0 Å². The van der Waals surface area contributed by atoms with Crippen molar-refractivity contribution in [1.29, 1.82) is 0 Å². The second-order valence-corrected chi connectivity index (χ2v) is 5.45. The van der Waals surface area contributed by atoms with Crippen molar-refractivity contribution in [3.8, 4) is 5.75 Å². The fraction of sp³-hybridized carbons (Fsp3) is 0.562. The highest BCUT2D eigenvalue weighted by molar-refractivity contribution is 6.00. The van der Waals surface area contributed by atoms with Gasteiger partial charge in [0.05, 0.1) is 11.8 Å². The van der Waals surface area contributed by atoms with Crippen LogP contribution in [0.15, 0.2) is 23.4 Å². The van der Waals surface area contributed by atoms with Crippen molar-refractivity contribution < 1.29 is 14.7 Å². The van der Waals surface area contributed by atoms with Gasteiger partial charge < -0.3 is 14.7 Å². The zero-order valence-corrected chi connectivity index (χ0v) is 12.4. The quantitative estimate of drug-likeness (QED) is 0.520. The smallest absolute Gasteiger partial charge is 0.129 e. The molecule has 1 fully saturated rings. The molecule has 1 aromatic carbocycles. The number of methoxy groups -OCH3 is 1. The van der Waals surface area contributed by atoms with E-state index in [2.05, 4.69) is 5.16 Å². The van der Waals surface area contributed by atoms with Gasteiger partial charge in [0.15, 0.2) is 0 Å². The Balaban J connectivity index is 2.17. The van der Waals surface area contributed by atoms with E-state index in [-0.39, 0.29) is 12.2 Å². The minimum absolute atomic E-state index is 0.167. The summed E-state index contributed by atoms with van der Waals surface area (Å²) >= 11 is 0. The van der Waals surface area contributed by atoms with Crippen LogP contribution in [-0.4, -0.2) is 30.2 Å². The Labute approximate surface area is 120 Å². The number of hydrogen-bond acceptors (Lipinski definition) is 4. The molecule has 2 unspecified atom stereocenters. The van der Waals surface area contributed by atoms with E-state index in [4.69, 9.17) is 14.7 Å². The summed E-state index contributed by atoms with van der Waals surface area (Å²) in [6.45, 7) is 3.80. The molecule has 1 aromatic rings. The minimum Gasteiger partial charge on any atom is -0.490 e. The maximum absolute atomic E-state index is 8.98. The number of benzene rings is 1. The van der Waals surface area contributed by atoms with Crippen LogP contribution in [0.5, 0.6) is 5.75 Å². The van der Waals surface area contributed by atoms with Crippen LogP contribution in [-0.2, 0) is 4.74 Å². The van der Waals surface area contributed by atoms with Crippen molar-refractivity contribution in [2.45, 2.75) is 51.7 Å². The third-order valence-corrected chi connectivity index (χ3v) is 3.88. The normalized spacial score (nSPS) is 23.6. The zero-order valence-electron chi connectivity index (χ0n) is 12.4. The molecule has 1 saturated carbocycles. The minimum atomic E-state index is 0.167. The number of hydrogen-bond donors (Lipinski definition) is 1. The van der Waals surface area contributed by atoms with E-state index in [0.717, 1.165) is 42.6 Å². The van der Waals surface area contributed by atoms with Crippen molar-refractivity contribution in [3.63, 3.8) is 0 Å². The molecule has 1 aliphatic rings. The molecule has 0 heterocycles. The lowest BCUT2D eigenvalue weighted by molar-refractivity contribution is 0.0209. The van der Waals surface area contributed by atoms with Gasteiger partial charge in [0.25, 0.3) is 0 Å². The third-order valence-electron chi connectivity index (χ3n) is 3.88. The van der Waals surface area contributed by atoms with Gasteiger partial charge in [0, 0.05) is 19.1 Å². The Kier molecular flexibility index (Phi) is 5.01. The molecular weight excluding hydrogens is 254 g/mol. The Bertz CT molecular complexity index is 485. The van der Waals surface area contributed by atoms with Gasteiger partial charge in [0.2, 0.25) is 0 Å². The van der Waals surface area contributed by atoms with E-state index in [1.165, 1.54) is 0 Å². The summed E-state index contributed by atoms with van der Waals surface area (Å²) in [5.74, 6) is 0.794. The van der Waals surface area contributed by atoms with Crippen molar-refractivity contribution in [1.82, 2.24) is 0 Å². The number of rotatable bonds is 4. The molecule has 0 bridgehead atoms. The summed E-state index contributed by atoms with van der Waals surface area (Å²) in [6, 6.07) is 5.94. The van der Waals surface area contributed by atoms with Crippen molar-refractivity contribution >= 4 is 5.71 Å². The fourth-order valence-corrected chi connectivity index (χ4v) is 2.68. The Morgan fingerprint density at radius 2 is 2.05 bits per heavy atom. The topological polar surface area (TPSA) is 51.0 Å². The predicted molar refractivity (Wildman–Crippen MR) is 78.9 cm³/mol. The molecule has 110 valence electrons. The van der Waals surface area contributed by atoms with Gasteiger partial charge in [-0.15, -0.1) is 0 Å². The van der Waals surface area contributed by atoms with E-state index >= 15 is 0 Å². The van der Waals surface area contributed by atoms with E-state index in [1.54, 1.807) is 14.0 Å². The molecule has 20 heavy (non-hydrogen) atoms. The molecule has 4 nitrogen and oxygen atoms in total. The number of ether oxygens (including phenoxy) is 2. The molecule has 0 radical (unpaired) electrons. The molecular formula is C16H23NO3. The molecule has 2 rings (SSSR count). The monoisotopic (exact) mass is 277 g/mol. The number of nitrogens with zero attached hydrogens (tertiary/aromatic N) is 1. The maximum atomic E-state index is 8.98. The second-order valence-electron chi connectivity index (χ2n) is 5.45. The molecule has 0 saturated heterocycles. The summed E-state index contributed by atoms with van der Waals surface area (Å²) in [4.78, 5) is 0. The van der Waals surface area contributed by atoms with Gasteiger partial charge in [-0.3, -0.25) is 0 Å². The van der Waals surface area contributed by atoms with E-state index in [0.29, 0.717) is 5.71 Å². The van der Waals surface area contributed by atoms with E-state index in [9.17, 15) is 0 Å². The van der Waals surface area contributed by atoms with E-state index in [1.807, 2.05) is 25.1 Å². The molecule has 1 aliphatic carbocycles. The number of aryl methyl sites for hydroxylation is 1.